The van der Waals surface area contributed by atoms with Crippen molar-refractivity contribution in [2.45, 2.75) is 32.7 Å². The first-order valence-corrected chi connectivity index (χ1v) is 6.40. The minimum absolute atomic E-state index is 0.152. The van der Waals surface area contributed by atoms with Gasteiger partial charge in [0, 0.05) is 11.8 Å². The molecule has 4 nitrogen and oxygen atoms in total. The van der Waals surface area contributed by atoms with Crippen molar-refractivity contribution in [3.05, 3.63) is 41.5 Å². The van der Waals surface area contributed by atoms with Crippen LogP contribution in [-0.4, -0.2) is 17.9 Å². The van der Waals surface area contributed by atoms with Gasteiger partial charge in [-0.05, 0) is 38.3 Å². The lowest BCUT2D eigenvalue weighted by molar-refractivity contribution is -0.123. The van der Waals surface area contributed by atoms with Crippen molar-refractivity contribution < 1.29 is 9.59 Å². The number of hydrogen-bond donors (Lipinski definition) is 2. The highest BCUT2D eigenvalue weighted by molar-refractivity contribution is 6.00. The molecule has 2 amide bonds. The smallest absolute Gasteiger partial charge is 0.246 e. The fraction of sp³-hybridized carbons (Fsp3) is 0.333. The molecule has 0 aliphatic carbocycles. The van der Waals surface area contributed by atoms with E-state index in [2.05, 4.69) is 10.6 Å². The first-order valence-electron chi connectivity index (χ1n) is 6.40. The largest absolute Gasteiger partial charge is 0.341 e. The highest BCUT2D eigenvalue weighted by Gasteiger charge is 2.24. The van der Waals surface area contributed by atoms with Crippen LogP contribution in [0.4, 0.5) is 5.69 Å². The molecular formula is C15H18N2O2. The van der Waals surface area contributed by atoms with Crippen molar-refractivity contribution in [1.29, 1.82) is 0 Å². The molecule has 1 aliphatic heterocycles. The standard InChI is InChI=1S/C15H18N2O2/c1-10(2)9-14(18)16-13-8-7-11-5-3-4-6-12(11)17-15(13)19/h3-6,9,13H,7-8H2,1-2H3,(H,16,18)(H,17,19)/t13-/m1/s1. The molecule has 0 spiro atoms. The van der Waals surface area contributed by atoms with Gasteiger partial charge in [-0.1, -0.05) is 23.8 Å². The van der Waals surface area contributed by atoms with Gasteiger partial charge >= 0.3 is 0 Å². The van der Waals surface area contributed by atoms with Crippen molar-refractivity contribution in [1.82, 2.24) is 5.32 Å². The van der Waals surface area contributed by atoms with Crippen molar-refractivity contribution in [3.63, 3.8) is 0 Å². The molecule has 0 saturated heterocycles. The monoisotopic (exact) mass is 258 g/mol. The van der Waals surface area contributed by atoms with Crippen molar-refractivity contribution in [2.75, 3.05) is 5.32 Å². The Morgan fingerprint density at radius 1 is 1.37 bits per heavy atom. The molecule has 2 N–H and O–H groups in total. The molecule has 0 radical (unpaired) electrons. The number of rotatable bonds is 2. The van der Waals surface area contributed by atoms with Gasteiger partial charge in [-0.15, -0.1) is 0 Å². The fourth-order valence-corrected chi connectivity index (χ4v) is 2.12. The predicted molar refractivity (Wildman–Crippen MR) is 74.8 cm³/mol. The van der Waals surface area contributed by atoms with Gasteiger partial charge in [0.15, 0.2) is 0 Å². The topological polar surface area (TPSA) is 58.2 Å². The van der Waals surface area contributed by atoms with Gasteiger partial charge in [0.05, 0.1) is 0 Å². The van der Waals surface area contributed by atoms with Crippen molar-refractivity contribution in [3.8, 4) is 0 Å². The van der Waals surface area contributed by atoms with E-state index in [0.717, 1.165) is 23.2 Å². The number of fused-ring (bicyclic) bond motifs is 1. The van der Waals surface area contributed by atoms with E-state index in [0.29, 0.717) is 6.42 Å². The molecule has 0 bridgehead atoms. The number of anilines is 1. The summed E-state index contributed by atoms with van der Waals surface area (Å²) in [5, 5.41) is 5.60. The van der Waals surface area contributed by atoms with Crippen LogP contribution in [0.5, 0.6) is 0 Å². The van der Waals surface area contributed by atoms with Crippen LogP contribution in [-0.2, 0) is 16.0 Å². The van der Waals surface area contributed by atoms with Crippen LogP contribution in [0.1, 0.15) is 25.8 Å². The Morgan fingerprint density at radius 3 is 2.84 bits per heavy atom. The SMILES string of the molecule is CC(C)=CC(=O)N[C@@H]1CCc2ccccc2NC1=O. The van der Waals surface area contributed by atoms with E-state index in [9.17, 15) is 9.59 Å². The molecule has 1 atom stereocenters. The Balaban J connectivity index is 2.08. The maximum Gasteiger partial charge on any atom is 0.246 e. The van der Waals surface area contributed by atoms with Crippen LogP contribution in [0.15, 0.2) is 35.9 Å². The molecule has 0 saturated carbocycles. The summed E-state index contributed by atoms with van der Waals surface area (Å²) in [5.41, 5.74) is 2.86. The number of aryl methyl sites for hydroxylation is 1. The molecule has 1 aliphatic rings. The maximum absolute atomic E-state index is 12.1. The Kier molecular flexibility index (Phi) is 4.00. The molecule has 1 aromatic rings. The molecular weight excluding hydrogens is 240 g/mol. The molecule has 0 aromatic heterocycles. The lowest BCUT2D eigenvalue weighted by atomic mass is 10.1. The Labute approximate surface area is 112 Å². The normalized spacial score (nSPS) is 17.8. The van der Waals surface area contributed by atoms with Gasteiger partial charge in [-0.3, -0.25) is 9.59 Å². The molecule has 1 aromatic carbocycles. The second-order valence-corrected chi connectivity index (χ2v) is 4.97. The minimum Gasteiger partial charge on any atom is -0.341 e. The van der Waals surface area contributed by atoms with Gasteiger partial charge in [-0.25, -0.2) is 0 Å². The van der Waals surface area contributed by atoms with Gasteiger partial charge in [0.25, 0.3) is 0 Å². The van der Waals surface area contributed by atoms with E-state index >= 15 is 0 Å². The van der Waals surface area contributed by atoms with Gasteiger partial charge in [0.2, 0.25) is 11.8 Å². The number of benzene rings is 1. The molecule has 2 rings (SSSR count). The summed E-state index contributed by atoms with van der Waals surface area (Å²) in [5.74, 6) is -0.369. The van der Waals surface area contributed by atoms with E-state index in [1.807, 2.05) is 38.1 Å². The number of allylic oxidation sites excluding steroid dienone is 1. The zero-order valence-electron chi connectivity index (χ0n) is 11.2. The number of carbonyl (C=O) groups excluding carboxylic acids is 2. The second-order valence-electron chi connectivity index (χ2n) is 4.97. The average Bonchev–Trinajstić information content (AvgIpc) is 2.48. The van der Waals surface area contributed by atoms with Crippen LogP contribution < -0.4 is 10.6 Å². The Morgan fingerprint density at radius 2 is 2.11 bits per heavy atom. The van der Waals surface area contributed by atoms with Crippen molar-refractivity contribution >= 4 is 17.5 Å². The van der Waals surface area contributed by atoms with E-state index in [1.165, 1.54) is 6.08 Å². The average molecular weight is 258 g/mol. The summed E-state index contributed by atoms with van der Waals surface area (Å²) >= 11 is 0. The molecule has 0 fully saturated rings. The van der Waals surface area contributed by atoms with E-state index in [4.69, 9.17) is 0 Å². The quantitative estimate of drug-likeness (QED) is 0.797. The Hall–Kier alpha value is -2.10. The first-order chi connectivity index (χ1) is 9.06. The van der Waals surface area contributed by atoms with Crippen molar-refractivity contribution in [2.24, 2.45) is 0 Å². The van der Waals surface area contributed by atoms with Crippen LogP contribution in [0.25, 0.3) is 0 Å². The third-order valence-corrected chi connectivity index (χ3v) is 3.03. The molecule has 4 heteroatoms. The number of amides is 2. The van der Waals surface area contributed by atoms with Crippen LogP contribution in [0.3, 0.4) is 0 Å². The zero-order valence-corrected chi connectivity index (χ0v) is 11.2. The van der Waals surface area contributed by atoms with Gasteiger partial charge in [0.1, 0.15) is 6.04 Å². The number of carbonyl (C=O) groups is 2. The third kappa shape index (κ3) is 3.44. The fourth-order valence-electron chi connectivity index (χ4n) is 2.12. The number of nitrogens with one attached hydrogen (secondary N) is 2. The van der Waals surface area contributed by atoms with Crippen LogP contribution in [0.2, 0.25) is 0 Å². The summed E-state index contributed by atoms with van der Waals surface area (Å²) in [6.07, 6.45) is 2.89. The van der Waals surface area contributed by atoms with E-state index < -0.39 is 6.04 Å². The molecule has 1 heterocycles. The molecule has 0 unspecified atom stereocenters. The highest BCUT2D eigenvalue weighted by Crippen LogP contribution is 2.21. The number of hydrogen-bond acceptors (Lipinski definition) is 2. The lowest BCUT2D eigenvalue weighted by Gasteiger charge is -2.14. The summed E-state index contributed by atoms with van der Waals surface area (Å²) < 4.78 is 0. The summed E-state index contributed by atoms with van der Waals surface area (Å²) in [7, 11) is 0. The highest BCUT2D eigenvalue weighted by atomic mass is 16.2. The van der Waals surface area contributed by atoms with E-state index in [1.54, 1.807) is 0 Å². The summed E-state index contributed by atoms with van der Waals surface area (Å²) in [4.78, 5) is 23.7. The maximum atomic E-state index is 12.1. The predicted octanol–water partition coefficient (Wildman–Crippen LogP) is 2.02. The minimum atomic E-state index is -0.476. The first kappa shape index (κ1) is 13.3. The molecule has 19 heavy (non-hydrogen) atoms. The summed E-state index contributed by atoms with van der Waals surface area (Å²) in [6.45, 7) is 3.70. The van der Waals surface area contributed by atoms with Gasteiger partial charge < -0.3 is 10.6 Å². The van der Waals surface area contributed by atoms with Crippen LogP contribution in [0, 0.1) is 0 Å². The zero-order chi connectivity index (χ0) is 13.8. The summed E-state index contributed by atoms with van der Waals surface area (Å²) in [6, 6.07) is 7.24. The van der Waals surface area contributed by atoms with Crippen LogP contribution >= 0.6 is 0 Å². The van der Waals surface area contributed by atoms with E-state index in [-0.39, 0.29) is 11.8 Å². The third-order valence-electron chi connectivity index (χ3n) is 3.03. The van der Waals surface area contributed by atoms with Gasteiger partial charge in [-0.2, -0.15) is 0 Å². The molecule has 100 valence electrons. The second kappa shape index (κ2) is 5.69. The number of para-hydroxylation sites is 1. The Bertz CT molecular complexity index is 531. The lowest BCUT2D eigenvalue weighted by Crippen LogP contribution is -2.42.